The van der Waals surface area contributed by atoms with Crippen LogP contribution in [0.15, 0.2) is 23.4 Å². The van der Waals surface area contributed by atoms with E-state index in [2.05, 4.69) is 12.1 Å². The molecule has 5 heteroatoms. The maximum Gasteiger partial charge on any atom is 0.170 e. The van der Waals surface area contributed by atoms with Gasteiger partial charge in [-0.3, -0.25) is 0 Å². The van der Waals surface area contributed by atoms with E-state index in [9.17, 15) is 0 Å². The Labute approximate surface area is 124 Å². The number of ether oxygens (including phenoxy) is 1. The lowest BCUT2D eigenvalue weighted by Gasteiger charge is -2.28. The highest BCUT2D eigenvalue weighted by Gasteiger charge is 2.22. The second kappa shape index (κ2) is 6.95. The first-order chi connectivity index (χ1) is 9.61. The Hall–Kier alpha value is -1.26. The first-order valence-electron chi connectivity index (χ1n) is 6.99. The molecular formula is C15H21ClN2O2. The van der Waals surface area contributed by atoms with Gasteiger partial charge in [-0.25, -0.2) is 0 Å². The zero-order valence-electron chi connectivity index (χ0n) is 11.7. The summed E-state index contributed by atoms with van der Waals surface area (Å²) >= 11 is 6.21. The summed E-state index contributed by atoms with van der Waals surface area (Å²) in [5.41, 5.74) is 7.07. The highest BCUT2D eigenvalue weighted by Crippen LogP contribution is 2.28. The number of hydrogen-bond donors (Lipinski definition) is 2. The van der Waals surface area contributed by atoms with Crippen molar-refractivity contribution in [2.75, 3.05) is 0 Å². The summed E-state index contributed by atoms with van der Waals surface area (Å²) in [5.74, 6) is 0.666. The van der Waals surface area contributed by atoms with Gasteiger partial charge in [-0.2, -0.15) is 0 Å². The maximum atomic E-state index is 8.65. The fraction of sp³-hybridized carbons (Fsp3) is 0.533. The molecule has 2 rings (SSSR count). The van der Waals surface area contributed by atoms with Crippen LogP contribution in [-0.4, -0.2) is 17.1 Å². The van der Waals surface area contributed by atoms with Crippen LogP contribution < -0.4 is 5.73 Å². The first-order valence-corrected chi connectivity index (χ1v) is 7.37. The van der Waals surface area contributed by atoms with Gasteiger partial charge in [0.15, 0.2) is 5.84 Å². The molecule has 4 nitrogen and oxygen atoms in total. The van der Waals surface area contributed by atoms with E-state index < -0.39 is 0 Å². The highest BCUT2D eigenvalue weighted by molar-refractivity contribution is 6.31. The Morgan fingerprint density at radius 1 is 1.45 bits per heavy atom. The van der Waals surface area contributed by atoms with Crippen molar-refractivity contribution in [3.05, 3.63) is 34.3 Å². The molecule has 0 saturated heterocycles. The Bertz CT molecular complexity index is 491. The zero-order chi connectivity index (χ0) is 14.5. The number of amidine groups is 1. The summed E-state index contributed by atoms with van der Waals surface area (Å²) in [4.78, 5) is 0. The normalized spacial score (nSPS) is 23.8. The fourth-order valence-corrected chi connectivity index (χ4v) is 2.84. The molecule has 0 aromatic heterocycles. The standard InChI is InChI=1S/C15H21ClN2O2/c1-10-4-2-3-5-14(10)20-9-12-7-6-11(8-13(12)16)15(17)18-19/h6-8,10,14,19H,2-5,9H2,1H3,(H2,17,18). The van der Waals surface area contributed by atoms with Crippen molar-refractivity contribution in [1.82, 2.24) is 0 Å². The number of nitrogens with two attached hydrogens (primary N) is 1. The Kier molecular flexibility index (Phi) is 5.26. The van der Waals surface area contributed by atoms with Gasteiger partial charge < -0.3 is 15.7 Å². The third-order valence-electron chi connectivity index (χ3n) is 3.94. The van der Waals surface area contributed by atoms with Crippen molar-refractivity contribution in [2.24, 2.45) is 16.8 Å². The molecule has 0 bridgehead atoms. The molecule has 1 aliphatic carbocycles. The number of halogens is 1. The van der Waals surface area contributed by atoms with E-state index in [-0.39, 0.29) is 5.84 Å². The van der Waals surface area contributed by atoms with E-state index in [1.807, 2.05) is 6.07 Å². The topological polar surface area (TPSA) is 67.8 Å². The number of benzene rings is 1. The summed E-state index contributed by atoms with van der Waals surface area (Å²) in [7, 11) is 0. The van der Waals surface area contributed by atoms with Crippen molar-refractivity contribution < 1.29 is 9.94 Å². The van der Waals surface area contributed by atoms with E-state index in [4.69, 9.17) is 27.3 Å². The van der Waals surface area contributed by atoms with Crippen LogP contribution in [0.5, 0.6) is 0 Å². The lowest BCUT2D eigenvalue weighted by molar-refractivity contribution is -0.0154. The van der Waals surface area contributed by atoms with Gasteiger partial charge in [-0.05, 0) is 30.4 Å². The van der Waals surface area contributed by atoms with Crippen molar-refractivity contribution >= 4 is 17.4 Å². The van der Waals surface area contributed by atoms with Gasteiger partial charge in [-0.15, -0.1) is 0 Å². The van der Waals surface area contributed by atoms with Crippen molar-refractivity contribution in [3.8, 4) is 0 Å². The summed E-state index contributed by atoms with van der Waals surface area (Å²) in [5, 5.41) is 12.2. The quantitative estimate of drug-likeness (QED) is 0.386. The average molecular weight is 297 g/mol. The third kappa shape index (κ3) is 3.64. The van der Waals surface area contributed by atoms with Gasteiger partial charge in [0.1, 0.15) is 0 Å². The molecule has 3 N–H and O–H groups in total. The minimum absolute atomic E-state index is 0.0558. The van der Waals surface area contributed by atoms with Gasteiger partial charge in [-0.1, -0.05) is 48.7 Å². The second-order valence-corrected chi connectivity index (χ2v) is 5.81. The summed E-state index contributed by atoms with van der Waals surface area (Å²) in [6.07, 6.45) is 5.23. The lowest BCUT2D eigenvalue weighted by atomic mass is 9.88. The van der Waals surface area contributed by atoms with Gasteiger partial charge in [0.05, 0.1) is 12.7 Å². The number of rotatable bonds is 4. The van der Waals surface area contributed by atoms with Crippen molar-refractivity contribution in [2.45, 2.75) is 45.3 Å². The molecule has 1 fully saturated rings. The van der Waals surface area contributed by atoms with Gasteiger partial charge in [0.25, 0.3) is 0 Å². The summed E-state index contributed by atoms with van der Waals surface area (Å²) in [6.45, 7) is 2.75. The Morgan fingerprint density at radius 2 is 2.20 bits per heavy atom. The second-order valence-electron chi connectivity index (χ2n) is 5.40. The third-order valence-corrected chi connectivity index (χ3v) is 4.29. The smallest absolute Gasteiger partial charge is 0.170 e. The molecule has 1 aromatic carbocycles. The molecule has 2 unspecified atom stereocenters. The zero-order valence-corrected chi connectivity index (χ0v) is 12.4. The lowest BCUT2D eigenvalue weighted by Crippen LogP contribution is -2.25. The van der Waals surface area contributed by atoms with Crippen LogP contribution in [0.3, 0.4) is 0 Å². The molecule has 0 aliphatic heterocycles. The number of nitrogens with zero attached hydrogens (tertiary/aromatic N) is 1. The fourth-order valence-electron chi connectivity index (χ4n) is 2.61. The van der Waals surface area contributed by atoms with Crippen LogP contribution in [0, 0.1) is 5.92 Å². The molecule has 0 radical (unpaired) electrons. The number of hydrogen-bond acceptors (Lipinski definition) is 3. The van der Waals surface area contributed by atoms with Crippen LogP contribution in [0.1, 0.15) is 43.7 Å². The maximum absolute atomic E-state index is 8.65. The van der Waals surface area contributed by atoms with E-state index in [0.717, 1.165) is 12.0 Å². The molecule has 1 saturated carbocycles. The van der Waals surface area contributed by atoms with Crippen LogP contribution >= 0.6 is 11.6 Å². The predicted molar refractivity (Wildman–Crippen MR) is 80.2 cm³/mol. The SMILES string of the molecule is CC1CCCCC1OCc1ccc(/C(N)=N/O)cc1Cl. The van der Waals surface area contributed by atoms with E-state index in [1.54, 1.807) is 12.1 Å². The summed E-state index contributed by atoms with van der Waals surface area (Å²) in [6, 6.07) is 5.34. The highest BCUT2D eigenvalue weighted by atomic mass is 35.5. The van der Waals surface area contributed by atoms with Gasteiger partial charge in [0, 0.05) is 10.6 Å². The molecule has 110 valence electrons. The minimum atomic E-state index is 0.0558. The largest absolute Gasteiger partial charge is 0.409 e. The van der Waals surface area contributed by atoms with Crippen LogP contribution in [-0.2, 0) is 11.3 Å². The molecule has 1 aliphatic rings. The Balaban J connectivity index is 1.99. The van der Waals surface area contributed by atoms with Crippen molar-refractivity contribution in [3.63, 3.8) is 0 Å². The van der Waals surface area contributed by atoms with Crippen LogP contribution in [0.2, 0.25) is 5.02 Å². The average Bonchev–Trinajstić information content (AvgIpc) is 2.46. The molecular weight excluding hydrogens is 276 g/mol. The van der Waals surface area contributed by atoms with Gasteiger partial charge in [0.2, 0.25) is 0 Å². The minimum Gasteiger partial charge on any atom is -0.409 e. The summed E-state index contributed by atoms with van der Waals surface area (Å²) < 4.78 is 5.99. The van der Waals surface area contributed by atoms with E-state index in [1.165, 1.54) is 19.3 Å². The molecule has 1 aromatic rings. The molecule has 0 heterocycles. The number of oxime groups is 1. The van der Waals surface area contributed by atoms with Crippen molar-refractivity contribution in [1.29, 1.82) is 0 Å². The van der Waals surface area contributed by atoms with Crippen LogP contribution in [0.25, 0.3) is 0 Å². The Morgan fingerprint density at radius 3 is 2.85 bits per heavy atom. The van der Waals surface area contributed by atoms with E-state index in [0.29, 0.717) is 29.2 Å². The molecule has 20 heavy (non-hydrogen) atoms. The van der Waals surface area contributed by atoms with Gasteiger partial charge >= 0.3 is 0 Å². The molecule has 0 amide bonds. The molecule has 2 atom stereocenters. The van der Waals surface area contributed by atoms with E-state index >= 15 is 0 Å². The molecule has 0 spiro atoms. The first kappa shape index (κ1) is 15.1. The van der Waals surface area contributed by atoms with Crippen LogP contribution in [0.4, 0.5) is 0 Å². The monoisotopic (exact) mass is 296 g/mol. The predicted octanol–water partition coefficient (Wildman–Crippen LogP) is 3.53.